The standard InChI is InChI=1S/C14H21BrN2O3S/c15-13-3-1-2-4-14(13)21(18,19)17-9-10-20-12-7-5-11(16)6-8-12/h1-4,11-12,17H,5-10,16H2. The quantitative estimate of drug-likeness (QED) is 0.744. The number of halogens is 1. The number of rotatable bonds is 6. The average Bonchev–Trinajstić information content (AvgIpc) is 2.46. The highest BCUT2D eigenvalue weighted by Gasteiger charge is 2.20. The van der Waals surface area contributed by atoms with Crippen LogP contribution >= 0.6 is 15.9 Å². The van der Waals surface area contributed by atoms with E-state index in [1.807, 2.05) is 0 Å². The lowest BCUT2D eigenvalue weighted by atomic mass is 9.94. The molecule has 0 aromatic heterocycles. The van der Waals surface area contributed by atoms with Gasteiger partial charge >= 0.3 is 0 Å². The molecule has 1 aromatic carbocycles. The van der Waals surface area contributed by atoms with E-state index in [4.69, 9.17) is 10.5 Å². The molecule has 0 radical (unpaired) electrons. The summed E-state index contributed by atoms with van der Waals surface area (Å²) in [5.74, 6) is 0. The van der Waals surface area contributed by atoms with Crippen LogP contribution < -0.4 is 10.5 Å². The molecule has 2 rings (SSSR count). The van der Waals surface area contributed by atoms with Crippen LogP contribution in [-0.2, 0) is 14.8 Å². The van der Waals surface area contributed by atoms with Gasteiger partial charge in [-0.3, -0.25) is 0 Å². The molecular weight excluding hydrogens is 356 g/mol. The fourth-order valence-electron chi connectivity index (χ4n) is 2.40. The molecule has 0 spiro atoms. The van der Waals surface area contributed by atoms with Crippen LogP contribution in [0.25, 0.3) is 0 Å². The monoisotopic (exact) mass is 376 g/mol. The van der Waals surface area contributed by atoms with Crippen LogP contribution in [0.1, 0.15) is 25.7 Å². The SMILES string of the molecule is NC1CCC(OCCNS(=O)(=O)c2ccccc2Br)CC1. The van der Waals surface area contributed by atoms with Crippen LogP contribution in [0, 0.1) is 0 Å². The van der Waals surface area contributed by atoms with Gasteiger partial charge in [0.1, 0.15) is 0 Å². The van der Waals surface area contributed by atoms with Crippen molar-refractivity contribution in [3.8, 4) is 0 Å². The van der Waals surface area contributed by atoms with E-state index in [9.17, 15) is 8.42 Å². The first kappa shape index (κ1) is 16.9. The Hall–Kier alpha value is -0.470. The van der Waals surface area contributed by atoms with Crippen LogP contribution in [0.4, 0.5) is 0 Å². The molecule has 21 heavy (non-hydrogen) atoms. The molecule has 1 fully saturated rings. The average molecular weight is 377 g/mol. The van der Waals surface area contributed by atoms with Crippen LogP contribution in [0.2, 0.25) is 0 Å². The summed E-state index contributed by atoms with van der Waals surface area (Å²) in [5, 5.41) is 0. The number of sulfonamides is 1. The maximum atomic E-state index is 12.1. The second kappa shape index (κ2) is 7.69. The van der Waals surface area contributed by atoms with Crippen molar-refractivity contribution in [3.05, 3.63) is 28.7 Å². The Morgan fingerprint density at radius 3 is 2.57 bits per heavy atom. The summed E-state index contributed by atoms with van der Waals surface area (Å²) in [6.45, 7) is 0.649. The van der Waals surface area contributed by atoms with Crippen LogP contribution in [0.3, 0.4) is 0 Å². The third-order valence-corrected chi connectivity index (χ3v) is 6.07. The Bertz CT molecular complexity index is 557. The molecule has 7 heteroatoms. The van der Waals surface area contributed by atoms with E-state index >= 15 is 0 Å². The van der Waals surface area contributed by atoms with Crippen molar-refractivity contribution < 1.29 is 13.2 Å². The lowest BCUT2D eigenvalue weighted by Gasteiger charge is -2.26. The number of hydrogen-bond acceptors (Lipinski definition) is 4. The number of nitrogens with two attached hydrogens (primary N) is 1. The van der Waals surface area contributed by atoms with Gasteiger partial charge in [-0.25, -0.2) is 13.1 Å². The van der Waals surface area contributed by atoms with Gasteiger partial charge in [0.05, 0.1) is 17.6 Å². The lowest BCUT2D eigenvalue weighted by molar-refractivity contribution is 0.0287. The van der Waals surface area contributed by atoms with Gasteiger partial charge in [0.2, 0.25) is 10.0 Å². The minimum Gasteiger partial charge on any atom is -0.377 e. The molecule has 1 saturated carbocycles. The van der Waals surface area contributed by atoms with E-state index in [0.29, 0.717) is 17.1 Å². The maximum absolute atomic E-state index is 12.1. The van der Waals surface area contributed by atoms with E-state index in [-0.39, 0.29) is 17.5 Å². The number of hydrogen-bond donors (Lipinski definition) is 2. The smallest absolute Gasteiger partial charge is 0.241 e. The fraction of sp³-hybridized carbons (Fsp3) is 0.571. The third kappa shape index (κ3) is 5.03. The Balaban J connectivity index is 1.77. The molecule has 0 saturated heterocycles. The molecule has 3 N–H and O–H groups in total. The topological polar surface area (TPSA) is 81.4 Å². The zero-order valence-electron chi connectivity index (χ0n) is 11.8. The summed E-state index contributed by atoms with van der Waals surface area (Å²) in [5.41, 5.74) is 5.84. The van der Waals surface area contributed by atoms with E-state index < -0.39 is 10.0 Å². The van der Waals surface area contributed by atoms with E-state index in [1.54, 1.807) is 24.3 Å². The molecule has 1 aromatic rings. The third-order valence-electron chi connectivity index (χ3n) is 3.59. The zero-order valence-corrected chi connectivity index (χ0v) is 14.2. The Morgan fingerprint density at radius 1 is 1.24 bits per heavy atom. The zero-order chi connectivity index (χ0) is 15.3. The van der Waals surface area contributed by atoms with Gasteiger partial charge < -0.3 is 10.5 Å². The van der Waals surface area contributed by atoms with Crippen molar-refractivity contribution in [3.63, 3.8) is 0 Å². The largest absolute Gasteiger partial charge is 0.377 e. The van der Waals surface area contributed by atoms with Crippen molar-refractivity contribution in [1.29, 1.82) is 0 Å². The molecule has 0 heterocycles. The molecule has 0 unspecified atom stereocenters. The molecular formula is C14H21BrN2O3S. The second-order valence-corrected chi connectivity index (χ2v) is 7.83. The first-order valence-electron chi connectivity index (χ1n) is 7.10. The van der Waals surface area contributed by atoms with Crippen molar-refractivity contribution in [2.75, 3.05) is 13.2 Å². The second-order valence-electron chi connectivity index (χ2n) is 5.24. The summed E-state index contributed by atoms with van der Waals surface area (Å²) >= 11 is 3.25. The van der Waals surface area contributed by atoms with Crippen LogP contribution in [0.15, 0.2) is 33.6 Å². The van der Waals surface area contributed by atoms with Crippen molar-refractivity contribution in [2.45, 2.75) is 42.7 Å². The van der Waals surface area contributed by atoms with E-state index in [2.05, 4.69) is 20.7 Å². The molecule has 0 atom stereocenters. The molecule has 0 bridgehead atoms. The van der Waals surface area contributed by atoms with E-state index in [1.165, 1.54) is 0 Å². The Morgan fingerprint density at radius 2 is 1.90 bits per heavy atom. The maximum Gasteiger partial charge on any atom is 0.241 e. The predicted molar refractivity (Wildman–Crippen MR) is 85.5 cm³/mol. The van der Waals surface area contributed by atoms with Crippen molar-refractivity contribution >= 4 is 26.0 Å². The lowest BCUT2D eigenvalue weighted by Crippen LogP contribution is -2.33. The molecule has 5 nitrogen and oxygen atoms in total. The van der Waals surface area contributed by atoms with Crippen molar-refractivity contribution in [2.24, 2.45) is 5.73 Å². The molecule has 1 aliphatic rings. The van der Waals surface area contributed by atoms with Gasteiger partial charge in [0.25, 0.3) is 0 Å². The highest BCUT2D eigenvalue weighted by atomic mass is 79.9. The number of nitrogens with one attached hydrogen (secondary N) is 1. The minimum atomic E-state index is -3.50. The van der Waals surface area contributed by atoms with E-state index in [0.717, 1.165) is 25.7 Å². The van der Waals surface area contributed by atoms with Gasteiger partial charge in [-0.15, -0.1) is 0 Å². The highest BCUT2D eigenvalue weighted by molar-refractivity contribution is 9.10. The summed E-state index contributed by atoms with van der Waals surface area (Å²) in [7, 11) is -3.50. The van der Waals surface area contributed by atoms with Gasteiger partial charge in [-0.1, -0.05) is 12.1 Å². The first-order chi connectivity index (χ1) is 9.99. The molecule has 118 valence electrons. The summed E-state index contributed by atoms with van der Waals surface area (Å²) in [6.07, 6.45) is 4.08. The normalized spacial score (nSPS) is 23.1. The number of benzene rings is 1. The van der Waals surface area contributed by atoms with Gasteiger partial charge in [-0.2, -0.15) is 0 Å². The van der Waals surface area contributed by atoms with Gasteiger partial charge in [0, 0.05) is 17.1 Å². The number of ether oxygens (including phenoxy) is 1. The molecule has 1 aliphatic carbocycles. The molecule has 0 amide bonds. The Labute approximate surface area is 134 Å². The summed E-state index contributed by atoms with van der Waals surface area (Å²) < 4.78 is 33.1. The predicted octanol–water partition coefficient (Wildman–Crippen LogP) is 2.01. The van der Waals surface area contributed by atoms with Gasteiger partial charge in [-0.05, 0) is 53.7 Å². The van der Waals surface area contributed by atoms with Crippen LogP contribution in [-0.4, -0.2) is 33.7 Å². The van der Waals surface area contributed by atoms with Crippen LogP contribution in [0.5, 0.6) is 0 Å². The minimum absolute atomic E-state index is 0.206. The Kier molecular flexibility index (Phi) is 6.19. The highest BCUT2D eigenvalue weighted by Crippen LogP contribution is 2.21. The van der Waals surface area contributed by atoms with Gasteiger partial charge in [0.15, 0.2) is 0 Å². The molecule has 0 aliphatic heterocycles. The summed E-state index contributed by atoms with van der Waals surface area (Å²) in [6, 6.07) is 7.03. The first-order valence-corrected chi connectivity index (χ1v) is 9.38. The fourth-order valence-corrected chi connectivity index (χ4v) is 4.41. The summed E-state index contributed by atoms with van der Waals surface area (Å²) in [4.78, 5) is 0.244. The van der Waals surface area contributed by atoms with Crippen molar-refractivity contribution in [1.82, 2.24) is 4.72 Å².